The topological polar surface area (TPSA) is 84.2 Å². The summed E-state index contributed by atoms with van der Waals surface area (Å²) in [5.41, 5.74) is 6.44. The van der Waals surface area contributed by atoms with Crippen LogP contribution in [0.4, 0.5) is 5.69 Å². The summed E-state index contributed by atoms with van der Waals surface area (Å²) < 4.78 is 0. The Bertz CT molecular complexity index is 455. The molecule has 0 aliphatic rings. The van der Waals surface area contributed by atoms with E-state index in [4.69, 9.17) is 17.3 Å². The van der Waals surface area contributed by atoms with Crippen molar-refractivity contribution in [2.45, 2.75) is 13.8 Å². The van der Waals surface area contributed by atoms with Gasteiger partial charge in [0.05, 0.1) is 0 Å². The minimum Gasteiger partial charge on any atom is -0.399 e. The van der Waals surface area contributed by atoms with Crippen LogP contribution in [0, 0.1) is 5.92 Å². The van der Waals surface area contributed by atoms with E-state index in [0.717, 1.165) is 0 Å². The number of hydrogen-bond donors (Lipinski definition) is 3. The van der Waals surface area contributed by atoms with Crippen molar-refractivity contribution in [2.75, 3.05) is 18.8 Å². The Labute approximate surface area is 117 Å². The molecule has 4 N–H and O–H groups in total. The first-order chi connectivity index (χ1) is 8.90. The highest BCUT2D eigenvalue weighted by atomic mass is 35.5. The maximum Gasteiger partial charge on any atom is 0.251 e. The molecule has 1 rings (SSSR count). The lowest BCUT2D eigenvalue weighted by Crippen LogP contribution is -2.36. The van der Waals surface area contributed by atoms with E-state index in [2.05, 4.69) is 10.6 Å². The van der Waals surface area contributed by atoms with Gasteiger partial charge in [-0.1, -0.05) is 25.4 Å². The van der Waals surface area contributed by atoms with Crippen LogP contribution in [0.3, 0.4) is 0 Å². The van der Waals surface area contributed by atoms with Crippen molar-refractivity contribution >= 4 is 29.1 Å². The van der Waals surface area contributed by atoms with E-state index in [9.17, 15) is 9.59 Å². The average molecular weight is 284 g/mol. The Morgan fingerprint density at radius 2 is 1.84 bits per heavy atom. The number of nitrogens with one attached hydrogen (secondary N) is 2. The molecule has 0 aliphatic heterocycles. The van der Waals surface area contributed by atoms with Crippen LogP contribution in [0.15, 0.2) is 18.2 Å². The first kappa shape index (κ1) is 15.3. The van der Waals surface area contributed by atoms with Gasteiger partial charge >= 0.3 is 0 Å². The summed E-state index contributed by atoms with van der Waals surface area (Å²) in [6.07, 6.45) is 0. The van der Waals surface area contributed by atoms with E-state index in [0.29, 0.717) is 29.4 Å². The largest absolute Gasteiger partial charge is 0.399 e. The van der Waals surface area contributed by atoms with Crippen molar-refractivity contribution in [1.29, 1.82) is 0 Å². The summed E-state index contributed by atoms with van der Waals surface area (Å²) in [5.74, 6) is -0.377. The van der Waals surface area contributed by atoms with Gasteiger partial charge in [0.25, 0.3) is 5.91 Å². The van der Waals surface area contributed by atoms with Gasteiger partial charge in [-0.25, -0.2) is 0 Å². The van der Waals surface area contributed by atoms with Crippen molar-refractivity contribution in [3.63, 3.8) is 0 Å². The molecule has 2 amide bonds. The number of carbonyl (C=O) groups is 2. The monoisotopic (exact) mass is 283 g/mol. The number of benzene rings is 1. The number of halogens is 1. The molecule has 0 radical (unpaired) electrons. The average Bonchev–Trinajstić information content (AvgIpc) is 2.32. The van der Waals surface area contributed by atoms with E-state index in [1.807, 2.05) is 13.8 Å². The summed E-state index contributed by atoms with van der Waals surface area (Å²) >= 11 is 5.81. The van der Waals surface area contributed by atoms with Crippen LogP contribution in [-0.2, 0) is 4.79 Å². The molecular weight excluding hydrogens is 266 g/mol. The number of amides is 2. The molecule has 1 aromatic carbocycles. The summed E-state index contributed by atoms with van der Waals surface area (Å²) in [5, 5.41) is 5.80. The molecular formula is C13H18ClN3O2. The van der Waals surface area contributed by atoms with Crippen LogP contribution in [0.5, 0.6) is 0 Å². The minimum absolute atomic E-state index is 0.0405. The Hall–Kier alpha value is -1.75. The molecule has 0 aliphatic carbocycles. The smallest absolute Gasteiger partial charge is 0.251 e. The van der Waals surface area contributed by atoms with Crippen LogP contribution in [0.2, 0.25) is 5.02 Å². The Morgan fingerprint density at radius 1 is 1.21 bits per heavy atom. The first-order valence-corrected chi connectivity index (χ1v) is 6.40. The van der Waals surface area contributed by atoms with Crippen LogP contribution in [0.25, 0.3) is 0 Å². The predicted octanol–water partition coefficient (Wildman–Crippen LogP) is 1.42. The zero-order valence-corrected chi connectivity index (χ0v) is 11.8. The molecule has 0 aromatic heterocycles. The highest BCUT2D eigenvalue weighted by Gasteiger charge is 2.08. The fourth-order valence-corrected chi connectivity index (χ4v) is 1.65. The molecule has 0 saturated heterocycles. The quantitative estimate of drug-likeness (QED) is 0.564. The third-order valence-corrected chi connectivity index (χ3v) is 2.63. The molecule has 104 valence electrons. The van der Waals surface area contributed by atoms with Gasteiger partial charge in [-0.2, -0.15) is 0 Å². The van der Waals surface area contributed by atoms with E-state index < -0.39 is 0 Å². The Morgan fingerprint density at radius 3 is 2.42 bits per heavy atom. The Kier molecular flexibility index (Phi) is 5.63. The number of rotatable bonds is 5. The number of anilines is 1. The molecule has 5 nitrogen and oxygen atoms in total. The van der Waals surface area contributed by atoms with Gasteiger partial charge in [-0.05, 0) is 18.2 Å². The van der Waals surface area contributed by atoms with Gasteiger partial charge in [-0.15, -0.1) is 0 Å². The summed E-state index contributed by atoms with van der Waals surface area (Å²) in [6.45, 7) is 4.35. The number of nitrogen functional groups attached to an aromatic ring is 1. The second kappa shape index (κ2) is 6.99. The van der Waals surface area contributed by atoms with Crippen molar-refractivity contribution in [2.24, 2.45) is 5.92 Å². The van der Waals surface area contributed by atoms with Crippen molar-refractivity contribution in [1.82, 2.24) is 10.6 Å². The van der Waals surface area contributed by atoms with E-state index >= 15 is 0 Å². The van der Waals surface area contributed by atoms with Gasteiger partial charge in [-0.3, -0.25) is 9.59 Å². The molecule has 19 heavy (non-hydrogen) atoms. The van der Waals surface area contributed by atoms with E-state index in [1.54, 1.807) is 18.2 Å². The summed E-state index contributed by atoms with van der Waals surface area (Å²) in [4.78, 5) is 23.1. The van der Waals surface area contributed by atoms with Crippen LogP contribution in [0.1, 0.15) is 24.2 Å². The maximum atomic E-state index is 11.8. The second-order valence-corrected chi connectivity index (χ2v) is 4.91. The highest BCUT2D eigenvalue weighted by Crippen LogP contribution is 2.16. The molecule has 0 atom stereocenters. The molecule has 0 unspecified atom stereocenters. The van der Waals surface area contributed by atoms with Crippen LogP contribution < -0.4 is 16.4 Å². The SMILES string of the molecule is CC(C)C(=O)NCCNC(=O)c1cc(N)cc(Cl)c1. The third-order valence-electron chi connectivity index (χ3n) is 2.42. The Balaban J connectivity index is 2.41. The van der Waals surface area contributed by atoms with E-state index in [-0.39, 0.29) is 17.7 Å². The van der Waals surface area contributed by atoms with Gasteiger partial charge in [0, 0.05) is 35.3 Å². The molecule has 0 fully saturated rings. The molecule has 0 heterocycles. The molecule has 0 spiro atoms. The molecule has 1 aromatic rings. The molecule has 6 heteroatoms. The number of hydrogen-bond acceptors (Lipinski definition) is 3. The van der Waals surface area contributed by atoms with Gasteiger partial charge < -0.3 is 16.4 Å². The standard InChI is InChI=1S/C13H18ClN3O2/c1-8(2)12(18)16-3-4-17-13(19)9-5-10(14)7-11(15)6-9/h5-8H,3-4,15H2,1-2H3,(H,16,18)(H,17,19). The number of nitrogens with two attached hydrogens (primary N) is 1. The zero-order chi connectivity index (χ0) is 14.4. The van der Waals surface area contributed by atoms with Gasteiger partial charge in [0.1, 0.15) is 0 Å². The zero-order valence-electron chi connectivity index (χ0n) is 11.0. The predicted molar refractivity (Wildman–Crippen MR) is 76.0 cm³/mol. The highest BCUT2D eigenvalue weighted by molar-refractivity contribution is 6.31. The molecule has 0 bridgehead atoms. The van der Waals surface area contributed by atoms with Crippen molar-refractivity contribution in [3.8, 4) is 0 Å². The summed E-state index contributed by atoms with van der Waals surface area (Å²) in [6, 6.07) is 4.66. The summed E-state index contributed by atoms with van der Waals surface area (Å²) in [7, 11) is 0. The third kappa shape index (κ3) is 5.18. The minimum atomic E-state index is -0.270. The fraction of sp³-hybridized carbons (Fsp3) is 0.385. The maximum absolute atomic E-state index is 11.8. The van der Waals surface area contributed by atoms with Gasteiger partial charge in [0.15, 0.2) is 0 Å². The lowest BCUT2D eigenvalue weighted by molar-refractivity contribution is -0.123. The van der Waals surface area contributed by atoms with Crippen LogP contribution in [-0.4, -0.2) is 24.9 Å². The van der Waals surface area contributed by atoms with E-state index in [1.165, 1.54) is 0 Å². The first-order valence-electron chi connectivity index (χ1n) is 6.02. The second-order valence-electron chi connectivity index (χ2n) is 4.47. The van der Waals surface area contributed by atoms with Crippen molar-refractivity contribution in [3.05, 3.63) is 28.8 Å². The fourth-order valence-electron chi connectivity index (χ4n) is 1.41. The lowest BCUT2D eigenvalue weighted by Gasteiger charge is -2.09. The van der Waals surface area contributed by atoms with Gasteiger partial charge in [0.2, 0.25) is 5.91 Å². The van der Waals surface area contributed by atoms with Crippen LogP contribution >= 0.6 is 11.6 Å². The normalized spacial score (nSPS) is 10.3. The van der Waals surface area contributed by atoms with Crippen molar-refractivity contribution < 1.29 is 9.59 Å². The lowest BCUT2D eigenvalue weighted by atomic mass is 10.2. The number of carbonyl (C=O) groups excluding carboxylic acids is 2. The molecule has 0 saturated carbocycles.